The molecule has 6 aromatic carbocycles. The summed E-state index contributed by atoms with van der Waals surface area (Å²) in [7, 11) is -0.803. The first kappa shape index (κ1) is 27.7. The zero-order valence-corrected chi connectivity index (χ0v) is 27.4. The first-order valence-electron chi connectivity index (χ1n) is 15.9. The van der Waals surface area contributed by atoms with Gasteiger partial charge in [0, 0.05) is 12.0 Å². The normalized spacial score (nSPS) is 13.6. The summed E-state index contributed by atoms with van der Waals surface area (Å²) in [6, 6.07) is 65.4. The van der Waals surface area contributed by atoms with E-state index in [1.165, 1.54) is 55.9 Å². The molecule has 44 heavy (non-hydrogen) atoms. The summed E-state index contributed by atoms with van der Waals surface area (Å²) in [5.41, 5.74) is 2.76. The maximum absolute atomic E-state index is 8.31. The van der Waals surface area contributed by atoms with Crippen LogP contribution in [0.2, 0.25) is 0 Å². The molecule has 0 bridgehead atoms. The van der Waals surface area contributed by atoms with Gasteiger partial charge >= 0.3 is 0 Å². The number of fused-ring (bicyclic) bond motifs is 1. The van der Waals surface area contributed by atoms with Crippen LogP contribution in [-0.4, -0.2) is 16.2 Å². The van der Waals surface area contributed by atoms with E-state index in [1.54, 1.807) is 0 Å². The van der Waals surface area contributed by atoms with E-state index in [-0.39, 0.29) is 0 Å². The van der Waals surface area contributed by atoms with Crippen molar-refractivity contribution in [3.8, 4) is 0 Å². The molecular weight excluding hydrogens is 585 g/mol. The molecule has 214 valence electrons. The van der Waals surface area contributed by atoms with E-state index in [9.17, 15) is 0 Å². The smallest absolute Gasteiger partial charge is 0.0622 e. The van der Waals surface area contributed by atoms with Gasteiger partial charge in [-0.05, 0) is 73.3 Å². The summed E-state index contributed by atoms with van der Waals surface area (Å²) in [5, 5.41) is 10.0. The lowest BCUT2D eigenvalue weighted by Crippen LogP contribution is -2.30. The SMILES string of the molecule is [2H]CCC[P+](C1=PC(=P(c2ccccc2)(c2ccccc2)c2ccccc2)c2ccccc21)(c1ccccc1)c1ccccc1. The molecule has 0 aliphatic carbocycles. The standard InChI is InChI=1S/C41H36P3/c1-2-32-43(33-20-8-3-9-21-33,34-22-10-4-11-23-34)40-38-30-18-19-31-39(38)41(42-40)44(35-24-12-5-13-25-35,36-26-14-6-15-27-36)37-28-16-7-17-29-37/h3-31H,2,32H2,1H3/q+1/i1D. The van der Waals surface area contributed by atoms with Crippen LogP contribution >= 0.6 is 22.4 Å². The van der Waals surface area contributed by atoms with Gasteiger partial charge in [-0.2, -0.15) is 0 Å². The van der Waals surface area contributed by atoms with E-state index in [1.807, 2.05) is 0 Å². The van der Waals surface area contributed by atoms with Crippen LogP contribution in [-0.2, 0) is 0 Å². The van der Waals surface area contributed by atoms with Gasteiger partial charge in [0.1, 0.15) is 22.9 Å². The van der Waals surface area contributed by atoms with Gasteiger partial charge in [-0.3, -0.25) is 0 Å². The summed E-state index contributed by atoms with van der Waals surface area (Å²) in [4.78, 5) is 0. The van der Waals surface area contributed by atoms with Crippen molar-refractivity contribution in [1.29, 1.82) is 0 Å². The Kier molecular flexibility index (Phi) is 8.00. The fourth-order valence-corrected chi connectivity index (χ4v) is 19.8. The van der Waals surface area contributed by atoms with Gasteiger partial charge in [0.2, 0.25) is 0 Å². The quantitative estimate of drug-likeness (QED) is 0.149. The highest BCUT2D eigenvalue weighted by Gasteiger charge is 2.51. The third kappa shape index (κ3) is 4.78. The van der Waals surface area contributed by atoms with Gasteiger partial charge in [0.05, 0.1) is 6.16 Å². The molecular formula is C41H36P3+. The van der Waals surface area contributed by atoms with Crippen molar-refractivity contribution in [2.24, 2.45) is 0 Å². The molecule has 0 N–H and O–H groups in total. The van der Waals surface area contributed by atoms with Crippen LogP contribution in [0.25, 0.3) is 0 Å². The Balaban J connectivity index is 1.70. The van der Waals surface area contributed by atoms with E-state index in [2.05, 4.69) is 176 Å². The van der Waals surface area contributed by atoms with E-state index in [0.717, 1.165) is 12.6 Å². The number of hydrogen-bond acceptors (Lipinski definition) is 0. The summed E-state index contributed by atoms with van der Waals surface area (Å²) in [6.45, 7) is -1.86. The molecule has 0 saturated heterocycles. The van der Waals surface area contributed by atoms with Crippen molar-refractivity contribution >= 4 is 58.9 Å². The highest BCUT2D eigenvalue weighted by molar-refractivity contribution is 8.14. The molecule has 3 heteroatoms. The molecule has 6 aromatic rings. The second kappa shape index (κ2) is 12.7. The minimum Gasteiger partial charge on any atom is -0.0622 e. The lowest BCUT2D eigenvalue weighted by atomic mass is 10.1. The third-order valence-corrected chi connectivity index (χ3v) is 20.5. The van der Waals surface area contributed by atoms with Crippen LogP contribution in [0.15, 0.2) is 176 Å². The van der Waals surface area contributed by atoms with Gasteiger partial charge < -0.3 is 0 Å². The predicted molar refractivity (Wildman–Crippen MR) is 201 cm³/mol. The molecule has 0 aromatic heterocycles. The zero-order chi connectivity index (χ0) is 30.5. The van der Waals surface area contributed by atoms with Gasteiger partial charge in [-0.1, -0.05) is 152 Å². The molecule has 0 saturated carbocycles. The Morgan fingerprint density at radius 1 is 0.500 bits per heavy atom. The van der Waals surface area contributed by atoms with Crippen LogP contribution in [0.5, 0.6) is 0 Å². The molecule has 0 atom stereocenters. The average molecular weight is 623 g/mol. The fraction of sp³-hybridized carbons (Fsp3) is 0.0732. The van der Waals surface area contributed by atoms with Crippen LogP contribution in [0.1, 0.15) is 25.8 Å². The fourth-order valence-electron chi connectivity index (χ4n) is 6.77. The van der Waals surface area contributed by atoms with Crippen LogP contribution < -0.4 is 26.5 Å². The van der Waals surface area contributed by atoms with E-state index in [4.69, 9.17) is 1.37 Å². The first-order valence-corrected chi connectivity index (χ1v) is 19.9. The lowest BCUT2D eigenvalue weighted by Gasteiger charge is -2.31. The molecule has 0 spiro atoms. The van der Waals surface area contributed by atoms with E-state index >= 15 is 0 Å². The Morgan fingerprint density at radius 3 is 1.32 bits per heavy atom. The summed E-state index contributed by atoms with van der Waals surface area (Å²) in [6.07, 6.45) is 1.85. The molecule has 1 aliphatic heterocycles. The molecule has 0 unspecified atom stereocenters. The maximum atomic E-state index is 8.31. The summed E-state index contributed by atoms with van der Waals surface area (Å²) >= 11 is 0. The monoisotopic (exact) mass is 622 g/mol. The van der Waals surface area contributed by atoms with Crippen molar-refractivity contribution < 1.29 is 1.37 Å². The van der Waals surface area contributed by atoms with Crippen molar-refractivity contribution in [2.75, 3.05) is 6.16 Å². The number of rotatable bonds is 8. The zero-order valence-electron chi connectivity index (χ0n) is 25.7. The Bertz CT molecular complexity index is 1830. The molecule has 0 radical (unpaired) electrons. The molecule has 0 nitrogen and oxygen atoms in total. The van der Waals surface area contributed by atoms with Crippen molar-refractivity contribution in [3.63, 3.8) is 0 Å². The molecule has 7 rings (SSSR count). The highest BCUT2D eigenvalue weighted by atomic mass is 31.2. The molecule has 0 fully saturated rings. The minimum absolute atomic E-state index is 0.429. The van der Waals surface area contributed by atoms with E-state index in [0.29, 0.717) is 6.90 Å². The highest BCUT2D eigenvalue weighted by Crippen LogP contribution is 2.65. The predicted octanol–water partition coefficient (Wildman–Crippen LogP) is 8.68. The van der Waals surface area contributed by atoms with Gasteiger partial charge in [-0.25, -0.2) is 0 Å². The van der Waals surface area contributed by atoms with Gasteiger partial charge in [0.15, 0.2) is 0 Å². The van der Waals surface area contributed by atoms with Crippen LogP contribution in [0, 0.1) is 0 Å². The van der Waals surface area contributed by atoms with E-state index < -0.39 is 14.1 Å². The summed E-state index contributed by atoms with van der Waals surface area (Å²) < 4.78 is 8.31. The number of benzene rings is 6. The second-order valence-corrected chi connectivity index (χ2v) is 19.7. The maximum Gasteiger partial charge on any atom is 0.138 e. The molecule has 1 heterocycles. The Hall–Kier alpha value is -3.78. The van der Waals surface area contributed by atoms with Gasteiger partial charge in [0.25, 0.3) is 0 Å². The Labute approximate surface area is 266 Å². The van der Waals surface area contributed by atoms with Crippen LogP contribution in [0.4, 0.5) is 0 Å². The Morgan fingerprint density at radius 2 is 0.886 bits per heavy atom. The van der Waals surface area contributed by atoms with Crippen molar-refractivity contribution in [2.45, 2.75) is 13.3 Å². The topological polar surface area (TPSA) is 0 Å². The number of hydrogen-bond donors (Lipinski definition) is 0. The second-order valence-electron chi connectivity index (χ2n) is 11.0. The first-order chi connectivity index (χ1) is 22.3. The minimum atomic E-state index is -2.28. The largest absolute Gasteiger partial charge is 0.138 e. The average Bonchev–Trinajstić information content (AvgIpc) is 3.51. The lowest BCUT2D eigenvalue weighted by molar-refractivity contribution is 1.10. The van der Waals surface area contributed by atoms with Crippen molar-refractivity contribution in [1.82, 2.24) is 0 Å². The van der Waals surface area contributed by atoms with Crippen molar-refractivity contribution in [3.05, 3.63) is 187 Å². The third-order valence-electron chi connectivity index (χ3n) is 8.62. The molecule has 0 amide bonds. The summed E-state index contributed by atoms with van der Waals surface area (Å²) in [5.74, 6) is 0. The van der Waals surface area contributed by atoms with Gasteiger partial charge in [-0.15, -0.1) is 0 Å². The molecule has 1 aliphatic rings. The van der Waals surface area contributed by atoms with Crippen LogP contribution in [0.3, 0.4) is 0 Å².